The van der Waals surface area contributed by atoms with Gasteiger partial charge in [-0.05, 0) is 57.2 Å². The van der Waals surface area contributed by atoms with Gasteiger partial charge in [0.2, 0.25) is 5.91 Å². The molecule has 33 heavy (non-hydrogen) atoms. The number of carbonyl (C=O) groups excluding carboxylic acids is 1. The lowest BCUT2D eigenvalue weighted by Gasteiger charge is -2.12. The van der Waals surface area contributed by atoms with Crippen molar-refractivity contribution in [3.8, 4) is 5.75 Å². The summed E-state index contributed by atoms with van der Waals surface area (Å²) in [6.45, 7) is 4.25. The van der Waals surface area contributed by atoms with Crippen LogP contribution in [-0.2, 0) is 24.2 Å². The molecule has 170 valence electrons. The van der Waals surface area contributed by atoms with Crippen LogP contribution in [0.5, 0.6) is 5.75 Å². The standard InChI is InChI=1S/C24H24N4O2S3/c1-14-15(2)32-24(25-14)28-20(29)13-31-22-21-17-10-6-7-11-18(17)33-23(21)27-19(26-22)12-30-16-8-4-3-5-9-16/h3-5,8-9H,6-7,10-13H2,1-2H3,(H,25,28,29). The van der Waals surface area contributed by atoms with Crippen LogP contribution in [0.15, 0.2) is 35.4 Å². The molecule has 4 aromatic rings. The lowest BCUT2D eigenvalue weighted by molar-refractivity contribution is -0.113. The van der Waals surface area contributed by atoms with Crippen LogP contribution in [0.1, 0.15) is 39.7 Å². The minimum atomic E-state index is -0.0771. The Morgan fingerprint density at radius 2 is 1.91 bits per heavy atom. The third-order valence-corrected chi connectivity index (χ3v) is 8.70. The summed E-state index contributed by atoms with van der Waals surface area (Å²) in [6.07, 6.45) is 4.55. The van der Waals surface area contributed by atoms with E-state index in [1.54, 1.807) is 11.3 Å². The average Bonchev–Trinajstić information content (AvgIpc) is 3.35. The molecule has 6 nitrogen and oxygen atoms in total. The molecule has 3 heterocycles. The molecule has 1 aromatic carbocycles. The maximum atomic E-state index is 12.6. The Kier molecular flexibility index (Phi) is 6.62. The van der Waals surface area contributed by atoms with Crippen LogP contribution < -0.4 is 10.1 Å². The number of benzene rings is 1. The number of fused-ring (bicyclic) bond motifs is 3. The number of nitrogens with one attached hydrogen (secondary N) is 1. The highest BCUT2D eigenvalue weighted by molar-refractivity contribution is 8.00. The van der Waals surface area contributed by atoms with Crippen LogP contribution >= 0.6 is 34.4 Å². The van der Waals surface area contributed by atoms with Crippen molar-refractivity contribution in [1.29, 1.82) is 0 Å². The van der Waals surface area contributed by atoms with Crippen molar-refractivity contribution in [2.45, 2.75) is 51.2 Å². The van der Waals surface area contributed by atoms with E-state index >= 15 is 0 Å². The molecule has 1 aliphatic carbocycles. The highest BCUT2D eigenvalue weighted by Crippen LogP contribution is 2.39. The molecule has 3 aromatic heterocycles. The predicted octanol–water partition coefficient (Wildman–Crippen LogP) is 5.95. The second kappa shape index (κ2) is 9.79. The highest BCUT2D eigenvalue weighted by Gasteiger charge is 2.22. The summed E-state index contributed by atoms with van der Waals surface area (Å²) in [5.41, 5.74) is 2.32. The zero-order valence-electron chi connectivity index (χ0n) is 18.5. The first-order valence-electron chi connectivity index (χ1n) is 10.9. The van der Waals surface area contributed by atoms with Gasteiger partial charge in [-0.2, -0.15) is 0 Å². The molecule has 1 amide bonds. The molecular weight excluding hydrogens is 472 g/mol. The van der Waals surface area contributed by atoms with Crippen LogP contribution in [0, 0.1) is 13.8 Å². The smallest absolute Gasteiger partial charge is 0.236 e. The van der Waals surface area contributed by atoms with E-state index in [4.69, 9.17) is 14.7 Å². The van der Waals surface area contributed by atoms with Gasteiger partial charge in [0.05, 0.1) is 11.4 Å². The molecule has 0 bridgehead atoms. The van der Waals surface area contributed by atoms with E-state index in [0.29, 0.717) is 17.6 Å². The van der Waals surface area contributed by atoms with Gasteiger partial charge in [-0.25, -0.2) is 15.0 Å². The van der Waals surface area contributed by atoms with E-state index in [1.807, 2.05) is 44.2 Å². The Labute approximate surface area is 204 Å². The van der Waals surface area contributed by atoms with E-state index in [1.165, 1.54) is 46.4 Å². The summed E-state index contributed by atoms with van der Waals surface area (Å²) in [5.74, 6) is 1.62. The van der Waals surface area contributed by atoms with Gasteiger partial charge in [0, 0.05) is 15.1 Å². The fourth-order valence-electron chi connectivity index (χ4n) is 3.82. The van der Waals surface area contributed by atoms with Crippen LogP contribution in [0.4, 0.5) is 5.13 Å². The summed E-state index contributed by atoms with van der Waals surface area (Å²) >= 11 is 4.73. The molecule has 0 fully saturated rings. The zero-order valence-corrected chi connectivity index (χ0v) is 21.0. The summed E-state index contributed by atoms with van der Waals surface area (Å²) in [6, 6.07) is 9.69. The van der Waals surface area contributed by atoms with E-state index in [-0.39, 0.29) is 11.7 Å². The second-order valence-corrected chi connectivity index (χ2v) is 11.2. The van der Waals surface area contributed by atoms with E-state index in [9.17, 15) is 4.79 Å². The number of thioether (sulfide) groups is 1. The van der Waals surface area contributed by atoms with Gasteiger partial charge in [0.15, 0.2) is 11.0 Å². The van der Waals surface area contributed by atoms with Gasteiger partial charge in [-0.3, -0.25) is 4.79 Å². The number of thiophene rings is 1. The Hall–Kier alpha value is -2.49. The number of thiazole rings is 1. The number of carbonyl (C=O) groups is 1. The Balaban J connectivity index is 1.38. The number of ether oxygens (including phenoxy) is 1. The lowest BCUT2D eigenvalue weighted by Crippen LogP contribution is -2.14. The number of anilines is 1. The van der Waals surface area contributed by atoms with Crippen molar-refractivity contribution in [3.63, 3.8) is 0 Å². The van der Waals surface area contributed by atoms with Gasteiger partial charge in [-0.15, -0.1) is 22.7 Å². The summed E-state index contributed by atoms with van der Waals surface area (Å²) in [7, 11) is 0. The zero-order chi connectivity index (χ0) is 22.8. The van der Waals surface area contributed by atoms with E-state index in [2.05, 4.69) is 10.3 Å². The number of aromatic nitrogens is 3. The Bertz CT molecular complexity index is 1280. The predicted molar refractivity (Wildman–Crippen MR) is 136 cm³/mol. The molecule has 0 atom stereocenters. The largest absolute Gasteiger partial charge is 0.486 e. The van der Waals surface area contributed by atoms with Gasteiger partial charge in [-0.1, -0.05) is 30.0 Å². The van der Waals surface area contributed by atoms with Crippen molar-refractivity contribution in [2.24, 2.45) is 0 Å². The van der Waals surface area contributed by atoms with Crippen molar-refractivity contribution in [1.82, 2.24) is 15.0 Å². The number of hydrogen-bond acceptors (Lipinski definition) is 8. The normalized spacial score (nSPS) is 13.2. The van der Waals surface area contributed by atoms with Crippen molar-refractivity contribution < 1.29 is 9.53 Å². The molecule has 0 radical (unpaired) electrons. The topological polar surface area (TPSA) is 77.0 Å². The molecule has 5 rings (SSSR count). The molecule has 0 unspecified atom stereocenters. The Morgan fingerprint density at radius 3 is 2.70 bits per heavy atom. The summed E-state index contributed by atoms with van der Waals surface area (Å²) in [5, 5.41) is 5.56. The first-order chi connectivity index (χ1) is 16.1. The van der Waals surface area contributed by atoms with Gasteiger partial charge in [0.25, 0.3) is 0 Å². The maximum Gasteiger partial charge on any atom is 0.236 e. The first kappa shape index (κ1) is 22.3. The van der Waals surface area contributed by atoms with Gasteiger partial charge in [0.1, 0.15) is 22.2 Å². The quantitative estimate of drug-likeness (QED) is 0.252. The van der Waals surface area contributed by atoms with Crippen LogP contribution in [-0.4, -0.2) is 26.6 Å². The number of nitrogens with zero attached hydrogens (tertiary/aromatic N) is 3. The second-order valence-electron chi connectivity index (χ2n) is 7.94. The number of rotatable bonds is 7. The molecule has 1 N–H and O–H groups in total. The van der Waals surface area contributed by atoms with E-state index < -0.39 is 0 Å². The van der Waals surface area contributed by atoms with Crippen LogP contribution in [0.2, 0.25) is 0 Å². The first-order valence-corrected chi connectivity index (χ1v) is 13.5. The number of amides is 1. The third kappa shape index (κ3) is 5.05. The molecule has 0 aliphatic heterocycles. The average molecular weight is 497 g/mol. The molecule has 9 heteroatoms. The lowest BCUT2D eigenvalue weighted by atomic mass is 9.97. The molecule has 0 saturated carbocycles. The van der Waals surface area contributed by atoms with E-state index in [0.717, 1.165) is 44.4 Å². The SMILES string of the molecule is Cc1nc(NC(=O)CSc2nc(COc3ccccc3)nc3sc4c(c23)CCCC4)sc1C. The van der Waals surface area contributed by atoms with Crippen LogP contribution in [0.25, 0.3) is 10.2 Å². The number of hydrogen-bond donors (Lipinski definition) is 1. The minimum Gasteiger partial charge on any atom is -0.486 e. The Morgan fingerprint density at radius 1 is 1.09 bits per heavy atom. The fraction of sp³-hybridized carbons (Fsp3) is 0.333. The monoisotopic (exact) mass is 496 g/mol. The van der Waals surface area contributed by atoms with Crippen molar-refractivity contribution in [2.75, 3.05) is 11.1 Å². The van der Waals surface area contributed by atoms with Crippen LogP contribution in [0.3, 0.4) is 0 Å². The van der Waals surface area contributed by atoms with Crippen molar-refractivity contribution >= 4 is 55.7 Å². The third-order valence-electron chi connectivity index (χ3n) is 5.55. The summed E-state index contributed by atoms with van der Waals surface area (Å²) in [4.78, 5) is 30.2. The number of para-hydroxylation sites is 1. The molecule has 0 saturated heterocycles. The van der Waals surface area contributed by atoms with Gasteiger partial charge < -0.3 is 10.1 Å². The van der Waals surface area contributed by atoms with Gasteiger partial charge >= 0.3 is 0 Å². The number of aryl methyl sites for hydroxylation is 4. The molecule has 1 aliphatic rings. The molecular formula is C24H24N4O2S3. The fourth-order valence-corrected chi connectivity index (χ4v) is 6.86. The maximum absolute atomic E-state index is 12.6. The van der Waals surface area contributed by atoms with Crippen molar-refractivity contribution in [3.05, 3.63) is 57.2 Å². The molecule has 0 spiro atoms. The highest BCUT2D eigenvalue weighted by atomic mass is 32.2. The minimum absolute atomic E-state index is 0.0771. The summed E-state index contributed by atoms with van der Waals surface area (Å²) < 4.78 is 5.90.